The zero-order chi connectivity index (χ0) is 11.4. The third kappa shape index (κ3) is 2.68. The van der Waals surface area contributed by atoms with Crippen LogP contribution in [0.25, 0.3) is 0 Å². The Bertz CT molecular complexity index is 381. The van der Waals surface area contributed by atoms with Gasteiger partial charge in [0.05, 0.1) is 17.5 Å². The lowest BCUT2D eigenvalue weighted by molar-refractivity contribution is 0.0488. The molecule has 0 aromatic carbocycles. The van der Waals surface area contributed by atoms with Gasteiger partial charge in [-0.3, -0.25) is 4.79 Å². The molecule has 0 saturated carbocycles. The van der Waals surface area contributed by atoms with Crippen LogP contribution in [0.5, 0.6) is 0 Å². The van der Waals surface area contributed by atoms with Crippen LogP contribution in [-0.4, -0.2) is 18.4 Å². The number of Topliss-reactive ketones (excluding diaryl/α,β-unsaturated/α-hetero) is 1. The van der Waals surface area contributed by atoms with E-state index in [1.807, 2.05) is 0 Å². The molecule has 0 unspecified atom stereocenters. The van der Waals surface area contributed by atoms with Gasteiger partial charge in [0.15, 0.2) is 5.78 Å². The zero-order valence-electron chi connectivity index (χ0n) is 8.50. The number of alkyl halides is 1. The highest BCUT2D eigenvalue weighted by Crippen LogP contribution is 2.19. The van der Waals surface area contributed by atoms with E-state index in [0.29, 0.717) is 16.7 Å². The number of hydrogen-bond acceptors (Lipinski definition) is 4. The maximum absolute atomic E-state index is 11.3. The molecule has 0 saturated heterocycles. The first-order valence-corrected chi connectivity index (χ1v) is 5.59. The van der Waals surface area contributed by atoms with Gasteiger partial charge in [0.25, 0.3) is 0 Å². The van der Waals surface area contributed by atoms with Crippen LogP contribution in [0.2, 0.25) is 0 Å². The first kappa shape index (κ1) is 12.0. The van der Waals surface area contributed by atoms with E-state index in [1.54, 1.807) is 6.92 Å². The van der Waals surface area contributed by atoms with E-state index in [4.69, 9.17) is 9.15 Å². The topological polar surface area (TPSA) is 56.5 Å². The van der Waals surface area contributed by atoms with Crippen molar-refractivity contribution in [3.8, 4) is 0 Å². The Morgan fingerprint density at radius 3 is 2.60 bits per heavy atom. The molecule has 0 aliphatic heterocycles. The average molecular weight is 275 g/mol. The van der Waals surface area contributed by atoms with Crippen LogP contribution in [0.1, 0.15) is 40.5 Å². The van der Waals surface area contributed by atoms with Gasteiger partial charge in [-0.15, -0.1) is 0 Å². The van der Waals surface area contributed by atoms with E-state index >= 15 is 0 Å². The van der Waals surface area contributed by atoms with Crippen LogP contribution in [0.3, 0.4) is 0 Å². The fourth-order valence-electron chi connectivity index (χ4n) is 1.13. The monoisotopic (exact) mass is 274 g/mol. The van der Waals surface area contributed by atoms with Crippen molar-refractivity contribution in [2.45, 2.75) is 19.2 Å². The van der Waals surface area contributed by atoms with Gasteiger partial charge in [0.2, 0.25) is 5.76 Å². The molecule has 0 atom stereocenters. The fraction of sp³-hybridized carbons (Fsp3) is 0.400. The lowest BCUT2D eigenvalue weighted by atomic mass is 10.2. The second-order valence-corrected chi connectivity index (χ2v) is 3.42. The number of ketones is 1. The third-order valence-electron chi connectivity index (χ3n) is 1.79. The molecule has 0 spiro atoms. The second-order valence-electron chi connectivity index (χ2n) is 2.86. The maximum atomic E-state index is 11.3. The minimum absolute atomic E-state index is 0.0662. The van der Waals surface area contributed by atoms with Gasteiger partial charge in [0, 0.05) is 6.07 Å². The summed E-state index contributed by atoms with van der Waals surface area (Å²) in [5.74, 6) is -0.169. The van der Waals surface area contributed by atoms with Crippen LogP contribution in [-0.2, 0) is 10.1 Å². The molecule has 5 heteroatoms. The second kappa shape index (κ2) is 5.11. The molecule has 0 aliphatic rings. The van der Waals surface area contributed by atoms with Gasteiger partial charge in [-0.2, -0.15) is 0 Å². The van der Waals surface area contributed by atoms with E-state index in [2.05, 4.69) is 15.9 Å². The normalized spacial score (nSPS) is 10.1. The molecule has 0 fully saturated rings. The van der Waals surface area contributed by atoms with Gasteiger partial charge >= 0.3 is 5.97 Å². The molecule has 0 aliphatic carbocycles. The number of ether oxygens (including phenoxy) is 1. The highest BCUT2D eigenvalue weighted by molar-refractivity contribution is 9.08. The SMILES string of the molecule is CCOC(=O)c1cc(C(C)=O)c(CBr)o1. The van der Waals surface area contributed by atoms with Crippen molar-refractivity contribution in [3.63, 3.8) is 0 Å². The zero-order valence-corrected chi connectivity index (χ0v) is 10.1. The van der Waals surface area contributed by atoms with Crippen molar-refractivity contribution in [1.82, 2.24) is 0 Å². The fourth-order valence-corrected chi connectivity index (χ4v) is 1.55. The number of furan rings is 1. The van der Waals surface area contributed by atoms with E-state index in [1.165, 1.54) is 13.0 Å². The Hall–Kier alpha value is -1.10. The van der Waals surface area contributed by atoms with Crippen molar-refractivity contribution in [2.75, 3.05) is 6.61 Å². The maximum Gasteiger partial charge on any atom is 0.374 e. The Balaban J connectivity index is 3.02. The van der Waals surface area contributed by atoms with Crippen LogP contribution in [0.15, 0.2) is 10.5 Å². The molecular weight excluding hydrogens is 264 g/mol. The molecule has 15 heavy (non-hydrogen) atoms. The minimum atomic E-state index is -0.549. The summed E-state index contributed by atoms with van der Waals surface area (Å²) in [7, 11) is 0. The number of hydrogen-bond donors (Lipinski definition) is 0. The van der Waals surface area contributed by atoms with Crippen LogP contribution < -0.4 is 0 Å². The van der Waals surface area contributed by atoms with Crippen LogP contribution in [0.4, 0.5) is 0 Å². The number of carbonyl (C=O) groups is 2. The molecule has 1 aromatic heterocycles. The van der Waals surface area contributed by atoms with E-state index in [9.17, 15) is 9.59 Å². The molecule has 1 aromatic rings. The van der Waals surface area contributed by atoms with Gasteiger partial charge < -0.3 is 9.15 Å². The summed E-state index contributed by atoms with van der Waals surface area (Å²) in [4.78, 5) is 22.5. The Kier molecular flexibility index (Phi) is 4.08. The largest absolute Gasteiger partial charge is 0.460 e. The summed E-state index contributed by atoms with van der Waals surface area (Å²) in [5, 5.41) is 0.390. The Labute approximate surface area is 95.7 Å². The predicted octanol–water partition coefficient (Wildman–Crippen LogP) is 2.55. The lowest BCUT2D eigenvalue weighted by Gasteiger charge is -1.96. The van der Waals surface area contributed by atoms with Gasteiger partial charge in [-0.25, -0.2) is 4.79 Å². The molecule has 82 valence electrons. The molecule has 1 rings (SSSR count). The summed E-state index contributed by atoms with van der Waals surface area (Å²) < 4.78 is 9.96. The first-order chi connectivity index (χ1) is 7.10. The summed E-state index contributed by atoms with van der Waals surface area (Å²) in [6.07, 6.45) is 0. The highest BCUT2D eigenvalue weighted by atomic mass is 79.9. The van der Waals surface area contributed by atoms with Crippen molar-refractivity contribution >= 4 is 27.7 Å². The molecule has 4 nitrogen and oxygen atoms in total. The summed E-state index contributed by atoms with van der Waals surface area (Å²) in [5.41, 5.74) is 0.412. The van der Waals surface area contributed by atoms with Crippen molar-refractivity contribution in [2.24, 2.45) is 0 Å². The van der Waals surface area contributed by atoms with Gasteiger partial charge in [0.1, 0.15) is 5.76 Å². The van der Waals surface area contributed by atoms with Crippen molar-refractivity contribution < 1.29 is 18.7 Å². The first-order valence-electron chi connectivity index (χ1n) is 4.46. The number of carbonyl (C=O) groups excluding carboxylic acids is 2. The van der Waals surface area contributed by atoms with Gasteiger partial charge in [-0.05, 0) is 13.8 Å². The van der Waals surface area contributed by atoms with Crippen molar-refractivity contribution in [1.29, 1.82) is 0 Å². The van der Waals surface area contributed by atoms with E-state index < -0.39 is 5.97 Å². The Morgan fingerprint density at radius 1 is 1.53 bits per heavy atom. The molecule has 0 N–H and O–H groups in total. The number of esters is 1. The molecule has 0 radical (unpaired) electrons. The van der Waals surface area contributed by atoms with Crippen LogP contribution >= 0.6 is 15.9 Å². The smallest absolute Gasteiger partial charge is 0.374 e. The Morgan fingerprint density at radius 2 is 2.20 bits per heavy atom. The van der Waals surface area contributed by atoms with Crippen LogP contribution in [0, 0.1) is 0 Å². The van der Waals surface area contributed by atoms with E-state index in [0.717, 1.165) is 0 Å². The van der Waals surface area contributed by atoms with Crippen molar-refractivity contribution in [3.05, 3.63) is 23.2 Å². The molecule has 0 bridgehead atoms. The molecule has 0 amide bonds. The molecular formula is C10H11BrO4. The number of halogens is 1. The minimum Gasteiger partial charge on any atom is -0.460 e. The van der Waals surface area contributed by atoms with E-state index in [-0.39, 0.29) is 18.2 Å². The lowest BCUT2D eigenvalue weighted by Crippen LogP contribution is -2.02. The summed E-state index contributed by atoms with van der Waals surface area (Å²) in [6.45, 7) is 3.41. The number of rotatable bonds is 4. The summed E-state index contributed by atoms with van der Waals surface area (Å²) >= 11 is 3.18. The third-order valence-corrected chi connectivity index (χ3v) is 2.30. The highest BCUT2D eigenvalue weighted by Gasteiger charge is 2.19. The quantitative estimate of drug-likeness (QED) is 0.481. The summed E-state index contributed by atoms with van der Waals surface area (Å²) in [6, 6.07) is 1.41. The predicted molar refractivity (Wildman–Crippen MR) is 57.3 cm³/mol. The van der Waals surface area contributed by atoms with Gasteiger partial charge in [-0.1, -0.05) is 15.9 Å². The average Bonchev–Trinajstić information content (AvgIpc) is 2.61. The molecule has 1 heterocycles. The standard InChI is InChI=1S/C10H11BrO4/c1-3-14-10(13)8-4-7(6(2)12)9(5-11)15-8/h4H,3,5H2,1-2H3.